The number of likely N-dealkylation sites (tertiary alicyclic amines) is 1. The van der Waals surface area contributed by atoms with E-state index in [4.69, 9.17) is 20.2 Å². The Morgan fingerprint density at radius 2 is 2.11 bits per heavy atom. The first-order valence-electron chi connectivity index (χ1n) is 9.03. The van der Waals surface area contributed by atoms with E-state index in [2.05, 4.69) is 0 Å². The number of nitrogen functional groups attached to an aromatic ring is 1. The summed E-state index contributed by atoms with van der Waals surface area (Å²) >= 11 is 1.24. The summed E-state index contributed by atoms with van der Waals surface area (Å²) in [5.41, 5.74) is 6.89. The Kier molecular flexibility index (Phi) is 5.28. The number of thiophene rings is 1. The summed E-state index contributed by atoms with van der Waals surface area (Å²) in [6.45, 7) is 8.84. The van der Waals surface area contributed by atoms with Crippen LogP contribution in [-0.2, 0) is 9.47 Å². The van der Waals surface area contributed by atoms with Gasteiger partial charge >= 0.3 is 12.1 Å². The lowest BCUT2D eigenvalue weighted by Crippen LogP contribution is -2.35. The molecule has 3 rings (SSSR count). The number of fused-ring (bicyclic) bond motifs is 1. The lowest BCUT2D eigenvalue weighted by molar-refractivity contribution is 0.0292. The molecule has 27 heavy (non-hydrogen) atoms. The number of ether oxygens (including phenoxy) is 2. The molecular formula is C19H25N3O4S. The number of amides is 1. The molecule has 1 saturated heterocycles. The Balaban J connectivity index is 1.78. The summed E-state index contributed by atoms with van der Waals surface area (Å²) < 4.78 is 10.5. The number of carbonyl (C=O) groups is 2. The number of carbonyl (C=O) groups excluding carboxylic acids is 2. The number of anilines is 1. The summed E-state index contributed by atoms with van der Waals surface area (Å²) in [5, 5.41) is 0.758. The first-order valence-corrected chi connectivity index (χ1v) is 9.85. The van der Waals surface area contributed by atoms with Crippen molar-refractivity contribution in [2.24, 2.45) is 0 Å². The Hall–Kier alpha value is -2.35. The van der Waals surface area contributed by atoms with Crippen LogP contribution < -0.4 is 5.73 Å². The number of hydrogen-bond donors (Lipinski definition) is 1. The lowest BCUT2D eigenvalue weighted by Gasteiger charge is -2.24. The minimum absolute atomic E-state index is 0.135. The second kappa shape index (κ2) is 7.34. The van der Waals surface area contributed by atoms with Crippen LogP contribution in [-0.4, -0.2) is 47.2 Å². The highest BCUT2D eigenvalue weighted by molar-refractivity contribution is 7.21. The molecule has 0 aliphatic carbocycles. The molecule has 0 aromatic carbocycles. The molecular weight excluding hydrogens is 366 g/mol. The van der Waals surface area contributed by atoms with E-state index in [-0.39, 0.29) is 12.0 Å². The van der Waals surface area contributed by atoms with Crippen LogP contribution in [0, 0.1) is 0 Å². The van der Waals surface area contributed by atoms with Gasteiger partial charge in [0.05, 0.1) is 12.3 Å². The fourth-order valence-electron chi connectivity index (χ4n) is 3.08. The van der Waals surface area contributed by atoms with E-state index >= 15 is 0 Å². The molecule has 1 fully saturated rings. The number of aromatic nitrogens is 1. The van der Waals surface area contributed by atoms with Gasteiger partial charge in [0.15, 0.2) is 0 Å². The highest BCUT2D eigenvalue weighted by Crippen LogP contribution is 2.35. The third-order valence-corrected chi connectivity index (χ3v) is 5.43. The van der Waals surface area contributed by atoms with Crippen molar-refractivity contribution in [1.82, 2.24) is 9.88 Å². The number of pyridine rings is 1. The maximum Gasteiger partial charge on any atom is 0.410 e. The molecule has 7 nitrogen and oxygen atoms in total. The van der Waals surface area contributed by atoms with Gasteiger partial charge in [0, 0.05) is 30.1 Å². The van der Waals surface area contributed by atoms with Gasteiger partial charge in [-0.15, -0.1) is 11.3 Å². The molecule has 0 radical (unpaired) electrons. The zero-order valence-electron chi connectivity index (χ0n) is 16.1. The van der Waals surface area contributed by atoms with E-state index in [1.807, 2.05) is 32.9 Å². The van der Waals surface area contributed by atoms with Crippen molar-refractivity contribution in [2.45, 2.75) is 45.6 Å². The zero-order chi connectivity index (χ0) is 19.8. The Morgan fingerprint density at radius 1 is 1.37 bits per heavy atom. The Labute approximate surface area is 162 Å². The van der Waals surface area contributed by atoms with E-state index in [0.717, 1.165) is 17.5 Å². The second-order valence-corrected chi connectivity index (χ2v) is 8.57. The van der Waals surface area contributed by atoms with E-state index in [1.54, 1.807) is 11.8 Å². The quantitative estimate of drug-likeness (QED) is 0.800. The highest BCUT2D eigenvalue weighted by Gasteiger charge is 2.31. The molecule has 2 aromatic rings. The van der Waals surface area contributed by atoms with Crippen molar-refractivity contribution in [1.29, 1.82) is 0 Å². The first-order chi connectivity index (χ1) is 12.7. The maximum atomic E-state index is 12.3. The molecule has 8 heteroatoms. The predicted molar refractivity (Wildman–Crippen MR) is 105 cm³/mol. The molecule has 3 heterocycles. The van der Waals surface area contributed by atoms with Gasteiger partial charge in [0.2, 0.25) is 0 Å². The summed E-state index contributed by atoms with van der Waals surface area (Å²) in [6, 6.07) is 3.81. The average Bonchev–Trinajstić information content (AvgIpc) is 3.19. The second-order valence-electron chi connectivity index (χ2n) is 7.57. The van der Waals surface area contributed by atoms with Gasteiger partial charge in [-0.1, -0.05) is 0 Å². The van der Waals surface area contributed by atoms with Crippen LogP contribution >= 0.6 is 11.3 Å². The van der Waals surface area contributed by atoms with E-state index in [9.17, 15) is 9.59 Å². The molecule has 0 bridgehead atoms. The van der Waals surface area contributed by atoms with Gasteiger partial charge in [-0.2, -0.15) is 0 Å². The molecule has 0 saturated carbocycles. The van der Waals surface area contributed by atoms with Gasteiger partial charge in [-0.3, -0.25) is 0 Å². The van der Waals surface area contributed by atoms with Crippen LogP contribution in [0.5, 0.6) is 0 Å². The summed E-state index contributed by atoms with van der Waals surface area (Å²) in [7, 11) is 0. The van der Waals surface area contributed by atoms with E-state index < -0.39 is 11.6 Å². The van der Waals surface area contributed by atoms with Crippen LogP contribution in [0.3, 0.4) is 0 Å². The maximum absolute atomic E-state index is 12.3. The molecule has 0 unspecified atom stereocenters. The van der Waals surface area contributed by atoms with Gasteiger partial charge in [0.25, 0.3) is 0 Å². The fraction of sp³-hybridized carbons (Fsp3) is 0.526. The SMILES string of the molecule is CCOC(=O)c1sc2nc([C@@H]3CCN(C(=O)OC(C)(C)C)C3)ccc2c1N. The predicted octanol–water partition coefficient (Wildman–Crippen LogP) is 3.78. The van der Waals surface area contributed by atoms with Crippen LogP contribution in [0.4, 0.5) is 10.5 Å². The minimum Gasteiger partial charge on any atom is -0.462 e. The van der Waals surface area contributed by atoms with Crippen LogP contribution in [0.15, 0.2) is 12.1 Å². The molecule has 1 aliphatic rings. The van der Waals surface area contributed by atoms with Gasteiger partial charge < -0.3 is 20.1 Å². The molecule has 0 spiro atoms. The minimum atomic E-state index is -0.510. The average molecular weight is 391 g/mol. The van der Waals surface area contributed by atoms with E-state index in [0.29, 0.717) is 35.1 Å². The molecule has 1 amide bonds. The zero-order valence-corrected chi connectivity index (χ0v) is 16.9. The fourth-order valence-corrected chi connectivity index (χ4v) is 4.08. The van der Waals surface area contributed by atoms with Gasteiger partial charge in [-0.25, -0.2) is 14.6 Å². The van der Waals surface area contributed by atoms with Crippen molar-refractivity contribution in [2.75, 3.05) is 25.4 Å². The number of hydrogen-bond acceptors (Lipinski definition) is 7. The number of nitrogens with two attached hydrogens (primary N) is 1. The van der Waals surface area contributed by atoms with Crippen LogP contribution in [0.25, 0.3) is 10.2 Å². The third-order valence-electron chi connectivity index (χ3n) is 4.33. The lowest BCUT2D eigenvalue weighted by atomic mass is 10.0. The normalized spacial score (nSPS) is 17.3. The highest BCUT2D eigenvalue weighted by atomic mass is 32.1. The number of nitrogens with zero attached hydrogens (tertiary/aromatic N) is 2. The van der Waals surface area contributed by atoms with Crippen molar-refractivity contribution < 1.29 is 19.1 Å². The van der Waals surface area contributed by atoms with E-state index in [1.165, 1.54) is 11.3 Å². The molecule has 1 atom stereocenters. The first kappa shape index (κ1) is 19.4. The Morgan fingerprint density at radius 3 is 2.78 bits per heavy atom. The molecule has 1 aliphatic heterocycles. The van der Waals surface area contributed by atoms with Crippen molar-refractivity contribution in [3.63, 3.8) is 0 Å². The standard InChI is InChI=1S/C19H25N3O4S/c1-5-25-17(23)15-14(20)12-6-7-13(21-16(12)27-15)11-8-9-22(10-11)18(24)26-19(2,3)4/h6-7,11H,5,8-10,20H2,1-4H3/t11-/m1/s1. The van der Waals surface area contributed by atoms with Crippen molar-refractivity contribution in [3.8, 4) is 0 Å². The van der Waals surface area contributed by atoms with Crippen LogP contribution in [0.2, 0.25) is 0 Å². The summed E-state index contributed by atoms with van der Waals surface area (Å²) in [4.78, 5) is 31.8. The van der Waals surface area contributed by atoms with Crippen molar-refractivity contribution in [3.05, 3.63) is 22.7 Å². The largest absolute Gasteiger partial charge is 0.462 e. The smallest absolute Gasteiger partial charge is 0.410 e. The summed E-state index contributed by atoms with van der Waals surface area (Å²) in [6.07, 6.45) is 0.527. The molecule has 2 aromatic heterocycles. The van der Waals surface area contributed by atoms with Crippen LogP contribution in [0.1, 0.15) is 55.4 Å². The van der Waals surface area contributed by atoms with Gasteiger partial charge in [-0.05, 0) is 46.2 Å². The molecule has 2 N–H and O–H groups in total. The molecule has 146 valence electrons. The number of rotatable bonds is 3. The monoisotopic (exact) mass is 391 g/mol. The van der Waals surface area contributed by atoms with Crippen molar-refractivity contribution >= 4 is 39.3 Å². The topological polar surface area (TPSA) is 94.8 Å². The third kappa shape index (κ3) is 4.16. The van der Waals surface area contributed by atoms with Gasteiger partial charge in [0.1, 0.15) is 15.3 Å². The number of esters is 1. The Bertz CT molecular complexity index is 872. The summed E-state index contributed by atoms with van der Waals surface area (Å²) in [5.74, 6) is -0.284.